The number of aliphatic imine (C=N–C) groups is 1. The van der Waals surface area contributed by atoms with E-state index in [-0.39, 0.29) is 5.82 Å². The van der Waals surface area contributed by atoms with Crippen LogP contribution in [0.2, 0.25) is 0 Å². The summed E-state index contributed by atoms with van der Waals surface area (Å²) in [5, 5.41) is 4.08. The zero-order valence-corrected chi connectivity index (χ0v) is 13.5. The summed E-state index contributed by atoms with van der Waals surface area (Å²) in [4.78, 5) is 8.22. The summed E-state index contributed by atoms with van der Waals surface area (Å²) in [6.07, 6.45) is 0. The molecule has 0 amide bonds. The van der Waals surface area contributed by atoms with Crippen LogP contribution in [0.4, 0.5) is 4.39 Å². The first-order valence-electron chi connectivity index (χ1n) is 7.07. The maximum atomic E-state index is 14.0. The van der Waals surface area contributed by atoms with E-state index in [1.54, 1.807) is 17.8 Å². The molecule has 0 spiro atoms. The van der Waals surface area contributed by atoms with Crippen molar-refractivity contribution in [1.29, 1.82) is 0 Å². The molecule has 4 rings (SSSR count). The second-order valence-electron chi connectivity index (χ2n) is 5.54. The summed E-state index contributed by atoms with van der Waals surface area (Å²) >= 11 is 3.24. The fraction of sp³-hybridized carbons (Fsp3) is 0.312. The number of halogens is 1. The molecule has 0 saturated carbocycles. The highest BCUT2D eigenvalue weighted by Crippen LogP contribution is 2.46. The number of hydrogen-bond acceptors (Lipinski definition) is 4. The highest BCUT2D eigenvalue weighted by atomic mass is 32.2. The Hall–Kier alpha value is -1.33. The first kappa shape index (κ1) is 13.3. The van der Waals surface area contributed by atoms with E-state index in [9.17, 15) is 4.39 Å². The third kappa shape index (κ3) is 1.94. The van der Waals surface area contributed by atoms with Gasteiger partial charge < -0.3 is 4.90 Å². The molecule has 2 nitrogen and oxygen atoms in total. The molecule has 0 fully saturated rings. The number of thiophene rings is 1. The Balaban J connectivity index is 1.97. The Morgan fingerprint density at radius 3 is 2.95 bits per heavy atom. The van der Waals surface area contributed by atoms with E-state index in [0.717, 1.165) is 33.9 Å². The van der Waals surface area contributed by atoms with E-state index in [2.05, 4.69) is 23.7 Å². The first-order valence-corrected chi connectivity index (χ1v) is 8.76. The molecule has 3 heterocycles. The minimum atomic E-state index is -0.128. The minimum absolute atomic E-state index is 0.128. The molecule has 1 aromatic heterocycles. The lowest BCUT2D eigenvalue weighted by Gasteiger charge is -2.19. The minimum Gasteiger partial charge on any atom is -0.318 e. The van der Waals surface area contributed by atoms with Crippen LogP contribution in [0.25, 0.3) is 15.8 Å². The van der Waals surface area contributed by atoms with Crippen molar-refractivity contribution in [3.63, 3.8) is 0 Å². The summed E-state index contributed by atoms with van der Waals surface area (Å²) in [6.45, 7) is 6.20. The average molecular weight is 318 g/mol. The lowest BCUT2D eigenvalue weighted by atomic mass is 10.0. The maximum absolute atomic E-state index is 14.0. The molecule has 0 bridgehead atoms. The van der Waals surface area contributed by atoms with Crippen LogP contribution >= 0.6 is 23.1 Å². The van der Waals surface area contributed by atoms with Gasteiger partial charge >= 0.3 is 0 Å². The number of rotatable bonds is 2. The topological polar surface area (TPSA) is 15.6 Å². The molecule has 2 aliphatic heterocycles. The van der Waals surface area contributed by atoms with Gasteiger partial charge in [0.2, 0.25) is 0 Å². The van der Waals surface area contributed by atoms with E-state index in [0.29, 0.717) is 5.92 Å². The van der Waals surface area contributed by atoms with Crippen molar-refractivity contribution in [3.8, 4) is 0 Å². The molecule has 2 aromatic rings. The number of benzene rings is 1. The van der Waals surface area contributed by atoms with E-state index in [1.165, 1.54) is 21.9 Å². The van der Waals surface area contributed by atoms with Crippen LogP contribution in [0.1, 0.15) is 19.4 Å². The van der Waals surface area contributed by atoms with Gasteiger partial charge in [0, 0.05) is 22.4 Å². The van der Waals surface area contributed by atoms with Crippen LogP contribution in [-0.2, 0) is 0 Å². The molecule has 0 unspecified atom stereocenters. The molecule has 5 heteroatoms. The van der Waals surface area contributed by atoms with Gasteiger partial charge in [0.1, 0.15) is 5.82 Å². The predicted octanol–water partition coefficient (Wildman–Crippen LogP) is 4.78. The van der Waals surface area contributed by atoms with Crippen LogP contribution in [0.3, 0.4) is 0 Å². The molecule has 0 radical (unpaired) electrons. The zero-order chi connectivity index (χ0) is 14.6. The Bertz CT molecular complexity index is 789. The number of nitrogens with zero attached hydrogens (tertiary/aromatic N) is 2. The van der Waals surface area contributed by atoms with Crippen molar-refractivity contribution in [2.75, 3.05) is 13.1 Å². The van der Waals surface area contributed by atoms with Crippen LogP contribution in [0.5, 0.6) is 0 Å². The Kier molecular flexibility index (Phi) is 3.08. The number of thioether (sulfide) groups is 1. The monoisotopic (exact) mass is 318 g/mol. The lowest BCUT2D eigenvalue weighted by molar-refractivity contribution is 0.636. The smallest absolute Gasteiger partial charge is 0.168 e. The van der Waals surface area contributed by atoms with Gasteiger partial charge in [-0.1, -0.05) is 25.6 Å². The number of fused-ring (bicyclic) bond motifs is 2. The first-order chi connectivity index (χ1) is 10.2. The molecular weight excluding hydrogens is 303 g/mol. The third-order valence-corrected chi connectivity index (χ3v) is 6.19. The second-order valence-corrected chi connectivity index (χ2v) is 7.47. The van der Waals surface area contributed by atoms with Gasteiger partial charge in [-0.3, -0.25) is 4.99 Å². The van der Waals surface area contributed by atoms with Gasteiger partial charge in [-0.05, 0) is 29.5 Å². The van der Waals surface area contributed by atoms with Crippen LogP contribution < -0.4 is 0 Å². The molecule has 0 saturated heterocycles. The summed E-state index contributed by atoms with van der Waals surface area (Å²) in [5.41, 5.74) is 2.37. The van der Waals surface area contributed by atoms with Crippen molar-refractivity contribution in [2.45, 2.75) is 13.8 Å². The summed E-state index contributed by atoms with van der Waals surface area (Å²) < 4.78 is 14.7. The standard InChI is InChI=1S/C16H15FN2S2/c1-9(2)14-13(19-7-6-18-16(19)21-14)10-3-4-12(17)15-11(10)5-8-20-15/h3-5,8-9H,6-7H2,1-2H3. The Morgan fingerprint density at radius 2 is 2.14 bits per heavy atom. The highest BCUT2D eigenvalue weighted by Gasteiger charge is 2.34. The number of hydrogen-bond donors (Lipinski definition) is 0. The molecule has 0 N–H and O–H groups in total. The predicted molar refractivity (Wildman–Crippen MR) is 90.1 cm³/mol. The lowest BCUT2D eigenvalue weighted by Crippen LogP contribution is -2.20. The van der Waals surface area contributed by atoms with Crippen molar-refractivity contribution in [2.24, 2.45) is 10.9 Å². The SMILES string of the molecule is CC(C)C1=C(c2ccc(F)c3sccc23)N2CCN=C2S1. The summed E-state index contributed by atoms with van der Waals surface area (Å²) in [5.74, 6) is 0.313. The van der Waals surface area contributed by atoms with Crippen molar-refractivity contribution in [3.05, 3.63) is 39.9 Å². The molecule has 108 valence electrons. The maximum Gasteiger partial charge on any atom is 0.168 e. The fourth-order valence-electron chi connectivity index (χ4n) is 2.91. The summed E-state index contributed by atoms with van der Waals surface area (Å²) in [6, 6.07) is 5.54. The number of amidine groups is 1. The van der Waals surface area contributed by atoms with E-state index >= 15 is 0 Å². The Morgan fingerprint density at radius 1 is 1.29 bits per heavy atom. The molecular formula is C16H15FN2S2. The van der Waals surface area contributed by atoms with Crippen LogP contribution in [-0.4, -0.2) is 23.2 Å². The van der Waals surface area contributed by atoms with Gasteiger partial charge in [0.25, 0.3) is 0 Å². The van der Waals surface area contributed by atoms with Gasteiger partial charge in [-0.2, -0.15) is 0 Å². The zero-order valence-electron chi connectivity index (χ0n) is 11.9. The van der Waals surface area contributed by atoms with Crippen LogP contribution in [0.15, 0.2) is 33.5 Å². The van der Waals surface area contributed by atoms with E-state index < -0.39 is 0 Å². The van der Waals surface area contributed by atoms with Crippen LogP contribution in [0, 0.1) is 11.7 Å². The summed E-state index contributed by atoms with van der Waals surface area (Å²) in [7, 11) is 0. The molecule has 0 aliphatic carbocycles. The highest BCUT2D eigenvalue weighted by molar-refractivity contribution is 8.17. The molecule has 0 atom stereocenters. The second kappa shape index (κ2) is 4.85. The molecule has 21 heavy (non-hydrogen) atoms. The van der Waals surface area contributed by atoms with E-state index in [4.69, 9.17) is 0 Å². The normalized spacial score (nSPS) is 18.1. The van der Waals surface area contributed by atoms with Crippen molar-refractivity contribution in [1.82, 2.24) is 4.90 Å². The van der Waals surface area contributed by atoms with Gasteiger partial charge in [0.15, 0.2) is 5.17 Å². The third-order valence-electron chi connectivity index (χ3n) is 3.85. The van der Waals surface area contributed by atoms with Gasteiger partial charge in [-0.15, -0.1) is 11.3 Å². The molecule has 1 aromatic carbocycles. The van der Waals surface area contributed by atoms with Gasteiger partial charge in [-0.25, -0.2) is 4.39 Å². The quantitative estimate of drug-likeness (QED) is 0.791. The van der Waals surface area contributed by atoms with E-state index in [1.807, 2.05) is 17.5 Å². The number of allylic oxidation sites excluding steroid dienone is 1. The van der Waals surface area contributed by atoms with Crippen molar-refractivity contribution >= 4 is 44.0 Å². The molecule has 2 aliphatic rings. The van der Waals surface area contributed by atoms with Crippen molar-refractivity contribution < 1.29 is 4.39 Å². The Labute approximate surface area is 131 Å². The average Bonchev–Trinajstić information content (AvgIpc) is 3.13. The van der Waals surface area contributed by atoms with Gasteiger partial charge in [0.05, 0.1) is 16.9 Å². The largest absolute Gasteiger partial charge is 0.318 e. The fourth-order valence-corrected chi connectivity index (χ4v) is 4.93.